The molecule has 0 aliphatic carbocycles. The highest BCUT2D eigenvalue weighted by Gasteiger charge is 2.16. The van der Waals surface area contributed by atoms with Crippen LogP contribution in [0.4, 0.5) is 0 Å². The van der Waals surface area contributed by atoms with Crippen LogP contribution in [0.2, 0.25) is 5.02 Å². The molecule has 126 valence electrons. The number of halogens is 1. The third kappa shape index (κ3) is 3.78. The van der Waals surface area contributed by atoms with Crippen molar-refractivity contribution in [1.29, 1.82) is 0 Å². The Morgan fingerprint density at radius 3 is 2.68 bits per heavy atom. The van der Waals surface area contributed by atoms with Gasteiger partial charge in [0.2, 0.25) is 0 Å². The van der Waals surface area contributed by atoms with Crippen molar-refractivity contribution in [3.8, 4) is 11.3 Å². The van der Waals surface area contributed by atoms with E-state index in [-0.39, 0.29) is 6.54 Å². The van der Waals surface area contributed by atoms with Crippen molar-refractivity contribution in [2.75, 3.05) is 13.6 Å². The van der Waals surface area contributed by atoms with Crippen LogP contribution in [0.3, 0.4) is 0 Å². The fraction of sp³-hybridized carbons (Fsp3) is 0.105. The van der Waals surface area contributed by atoms with Gasteiger partial charge in [0.15, 0.2) is 0 Å². The molecule has 0 aliphatic rings. The van der Waals surface area contributed by atoms with E-state index in [1.54, 1.807) is 18.0 Å². The van der Waals surface area contributed by atoms with Crippen LogP contribution >= 0.6 is 23.8 Å². The largest absolute Gasteiger partial charge is 0.480 e. The first-order valence-corrected chi connectivity index (χ1v) is 8.37. The first-order chi connectivity index (χ1) is 12.0. The van der Waals surface area contributed by atoms with E-state index in [1.165, 1.54) is 0 Å². The van der Waals surface area contributed by atoms with Gasteiger partial charge in [0.05, 0.1) is 11.2 Å². The Kier molecular flexibility index (Phi) is 4.97. The molecule has 0 saturated carbocycles. The number of likely N-dealkylation sites (N-methyl/N-ethyl adjacent to an activating group) is 1. The molecule has 0 atom stereocenters. The highest BCUT2D eigenvalue weighted by molar-refractivity contribution is 7.80. The molecule has 0 spiro atoms. The number of pyridine rings is 1. The minimum absolute atomic E-state index is 0.165. The maximum Gasteiger partial charge on any atom is 0.323 e. The van der Waals surface area contributed by atoms with Crippen molar-refractivity contribution >= 4 is 45.7 Å². The number of nitrogens with zero attached hydrogens (tertiary/aromatic N) is 2. The topological polar surface area (TPSA) is 53.4 Å². The van der Waals surface area contributed by atoms with Gasteiger partial charge in [-0.2, -0.15) is 0 Å². The van der Waals surface area contributed by atoms with E-state index >= 15 is 0 Å². The van der Waals surface area contributed by atoms with Gasteiger partial charge in [0.25, 0.3) is 0 Å². The molecule has 1 heterocycles. The Morgan fingerprint density at radius 2 is 1.96 bits per heavy atom. The SMILES string of the molecule is CN(CC(=O)O)C(=S)c1cc(-c2cccc(Cl)c2)nc2ccccc12. The number of thiocarbonyl (C=S) groups is 1. The number of fused-ring (bicyclic) bond motifs is 1. The first-order valence-electron chi connectivity index (χ1n) is 7.58. The summed E-state index contributed by atoms with van der Waals surface area (Å²) in [7, 11) is 1.67. The molecule has 0 saturated heterocycles. The maximum atomic E-state index is 11.0. The first kappa shape index (κ1) is 17.3. The fourth-order valence-corrected chi connectivity index (χ4v) is 3.05. The number of aliphatic carboxylic acids is 1. The zero-order valence-corrected chi connectivity index (χ0v) is 15.0. The highest BCUT2D eigenvalue weighted by Crippen LogP contribution is 2.27. The summed E-state index contributed by atoms with van der Waals surface area (Å²) in [5.41, 5.74) is 3.19. The molecule has 3 aromatic rings. The van der Waals surface area contributed by atoms with Gasteiger partial charge in [-0.15, -0.1) is 0 Å². The van der Waals surface area contributed by atoms with Crippen LogP contribution in [-0.4, -0.2) is 39.5 Å². The number of aromatic nitrogens is 1. The highest BCUT2D eigenvalue weighted by atomic mass is 35.5. The monoisotopic (exact) mass is 370 g/mol. The smallest absolute Gasteiger partial charge is 0.323 e. The Bertz CT molecular complexity index is 975. The normalized spacial score (nSPS) is 10.6. The van der Waals surface area contributed by atoms with Gasteiger partial charge in [0, 0.05) is 28.6 Å². The number of carboxylic acid groups (broad SMARTS) is 1. The molecule has 0 unspecified atom stereocenters. The lowest BCUT2D eigenvalue weighted by molar-refractivity contribution is -0.137. The van der Waals surface area contributed by atoms with E-state index < -0.39 is 5.97 Å². The van der Waals surface area contributed by atoms with E-state index in [0.29, 0.717) is 10.0 Å². The zero-order valence-electron chi connectivity index (χ0n) is 13.4. The molecule has 0 radical (unpaired) electrons. The lowest BCUT2D eigenvalue weighted by atomic mass is 10.0. The van der Waals surface area contributed by atoms with E-state index in [4.69, 9.17) is 33.9 Å². The van der Waals surface area contributed by atoms with Crippen molar-refractivity contribution in [1.82, 2.24) is 9.88 Å². The van der Waals surface area contributed by atoms with Crippen molar-refractivity contribution in [2.24, 2.45) is 0 Å². The molecule has 2 aromatic carbocycles. The average Bonchev–Trinajstić information content (AvgIpc) is 2.59. The van der Waals surface area contributed by atoms with Crippen LogP contribution in [0.1, 0.15) is 5.56 Å². The number of para-hydroxylation sites is 1. The van der Waals surface area contributed by atoms with Gasteiger partial charge < -0.3 is 10.0 Å². The summed E-state index contributed by atoms with van der Waals surface area (Å²) in [4.78, 5) is 17.7. The van der Waals surface area contributed by atoms with E-state index in [1.807, 2.05) is 48.5 Å². The van der Waals surface area contributed by atoms with Crippen LogP contribution in [0, 0.1) is 0 Å². The summed E-state index contributed by atoms with van der Waals surface area (Å²) in [6.07, 6.45) is 0. The summed E-state index contributed by atoms with van der Waals surface area (Å²) in [6, 6.07) is 17.0. The van der Waals surface area contributed by atoms with Crippen LogP contribution in [-0.2, 0) is 4.79 Å². The van der Waals surface area contributed by atoms with Crippen molar-refractivity contribution in [3.63, 3.8) is 0 Å². The zero-order chi connectivity index (χ0) is 18.0. The van der Waals surface area contributed by atoms with Crippen molar-refractivity contribution < 1.29 is 9.90 Å². The molecule has 4 nitrogen and oxygen atoms in total. The molecule has 0 amide bonds. The van der Waals surface area contributed by atoms with Crippen LogP contribution in [0.25, 0.3) is 22.2 Å². The number of hydrogen-bond acceptors (Lipinski definition) is 3. The molecule has 6 heteroatoms. The fourth-order valence-electron chi connectivity index (χ4n) is 2.63. The molecule has 0 aliphatic heterocycles. The van der Waals surface area contributed by atoms with Gasteiger partial charge in [-0.05, 0) is 24.3 Å². The summed E-state index contributed by atoms with van der Waals surface area (Å²) in [5, 5.41) is 10.5. The number of benzene rings is 2. The molecule has 1 aromatic heterocycles. The third-order valence-electron chi connectivity index (χ3n) is 3.79. The van der Waals surface area contributed by atoms with E-state index in [0.717, 1.165) is 27.7 Å². The van der Waals surface area contributed by atoms with Crippen molar-refractivity contribution in [3.05, 3.63) is 65.2 Å². The van der Waals surface area contributed by atoms with E-state index in [9.17, 15) is 4.79 Å². The van der Waals surface area contributed by atoms with Gasteiger partial charge in [-0.3, -0.25) is 4.79 Å². The second kappa shape index (κ2) is 7.17. The van der Waals surface area contributed by atoms with Gasteiger partial charge in [0.1, 0.15) is 11.5 Å². The molecule has 25 heavy (non-hydrogen) atoms. The second-order valence-corrected chi connectivity index (χ2v) is 6.46. The summed E-state index contributed by atoms with van der Waals surface area (Å²) < 4.78 is 0. The predicted octanol–water partition coefficient (Wildman–Crippen LogP) is 4.25. The summed E-state index contributed by atoms with van der Waals surface area (Å²) in [6.45, 7) is -0.165. The Labute approximate surface area is 155 Å². The average molecular weight is 371 g/mol. The number of carbonyl (C=O) groups is 1. The third-order valence-corrected chi connectivity index (χ3v) is 4.55. The summed E-state index contributed by atoms with van der Waals surface area (Å²) in [5.74, 6) is -0.932. The molecule has 0 fully saturated rings. The van der Waals surface area contributed by atoms with Crippen molar-refractivity contribution in [2.45, 2.75) is 0 Å². The van der Waals surface area contributed by atoms with E-state index in [2.05, 4.69) is 0 Å². The summed E-state index contributed by atoms with van der Waals surface area (Å²) >= 11 is 11.6. The standard InChI is InChI=1S/C19H15ClN2O2S/c1-22(11-18(23)24)19(25)15-10-17(12-5-4-6-13(20)9-12)21-16-8-3-2-7-14(15)16/h2-10H,11H2,1H3,(H,23,24). The second-order valence-electron chi connectivity index (χ2n) is 5.64. The molecule has 3 rings (SSSR count). The van der Waals surface area contributed by atoms with Gasteiger partial charge >= 0.3 is 5.97 Å². The number of rotatable bonds is 4. The Balaban J connectivity index is 2.16. The lowest BCUT2D eigenvalue weighted by Crippen LogP contribution is -2.31. The predicted molar refractivity (Wildman–Crippen MR) is 104 cm³/mol. The number of carboxylic acids is 1. The van der Waals surface area contributed by atoms with Crippen LogP contribution < -0.4 is 0 Å². The molecular formula is C19H15ClN2O2S. The maximum absolute atomic E-state index is 11.0. The van der Waals surface area contributed by atoms with Crippen LogP contribution in [0.5, 0.6) is 0 Å². The number of hydrogen-bond donors (Lipinski definition) is 1. The minimum Gasteiger partial charge on any atom is -0.480 e. The Hall–Kier alpha value is -2.50. The Morgan fingerprint density at radius 1 is 1.20 bits per heavy atom. The van der Waals surface area contributed by atoms with Crippen LogP contribution in [0.15, 0.2) is 54.6 Å². The molecule has 0 bridgehead atoms. The molecule has 1 N–H and O–H groups in total. The minimum atomic E-state index is -0.932. The quantitative estimate of drug-likeness (QED) is 0.696. The van der Waals surface area contributed by atoms with Gasteiger partial charge in [-0.1, -0.05) is 54.2 Å². The van der Waals surface area contributed by atoms with Gasteiger partial charge in [-0.25, -0.2) is 4.98 Å². The molecular weight excluding hydrogens is 356 g/mol. The lowest BCUT2D eigenvalue weighted by Gasteiger charge is -2.19.